The number of ether oxygens (including phenoxy) is 2. The molecule has 1 aliphatic carbocycles. The van der Waals surface area contributed by atoms with Gasteiger partial charge in [0, 0.05) is 19.1 Å². The zero-order valence-electron chi connectivity index (χ0n) is 13.1. The first-order valence-electron chi connectivity index (χ1n) is 7.74. The summed E-state index contributed by atoms with van der Waals surface area (Å²) in [5.41, 5.74) is 2.47. The van der Waals surface area contributed by atoms with Crippen LogP contribution in [0, 0.1) is 13.8 Å². The van der Waals surface area contributed by atoms with Crippen LogP contribution in [0.15, 0.2) is 18.2 Å². The van der Waals surface area contributed by atoms with Crippen LogP contribution in [0.1, 0.15) is 37.8 Å². The Kier molecular flexibility index (Phi) is 5.44. The SMILES string of the molecule is CCCNC1CC(Oc2ccc(C)cc2C)C1OCC. The maximum Gasteiger partial charge on any atom is 0.128 e. The highest BCUT2D eigenvalue weighted by atomic mass is 16.5. The molecule has 0 radical (unpaired) electrons. The van der Waals surface area contributed by atoms with Gasteiger partial charge >= 0.3 is 0 Å². The third kappa shape index (κ3) is 3.53. The Balaban J connectivity index is 1.95. The molecule has 0 heterocycles. The van der Waals surface area contributed by atoms with E-state index < -0.39 is 0 Å². The van der Waals surface area contributed by atoms with E-state index in [0.29, 0.717) is 6.04 Å². The first-order valence-corrected chi connectivity index (χ1v) is 7.74. The van der Waals surface area contributed by atoms with Gasteiger partial charge in [0.05, 0.1) is 0 Å². The van der Waals surface area contributed by atoms with Crippen LogP contribution < -0.4 is 10.1 Å². The number of hydrogen-bond donors (Lipinski definition) is 1. The zero-order valence-corrected chi connectivity index (χ0v) is 13.1. The first-order chi connectivity index (χ1) is 9.65. The van der Waals surface area contributed by atoms with Crippen molar-refractivity contribution in [3.05, 3.63) is 29.3 Å². The summed E-state index contributed by atoms with van der Waals surface area (Å²) in [6, 6.07) is 6.77. The van der Waals surface area contributed by atoms with E-state index in [1.807, 2.05) is 6.92 Å². The third-order valence-electron chi connectivity index (χ3n) is 3.87. The lowest BCUT2D eigenvalue weighted by Gasteiger charge is -2.44. The Morgan fingerprint density at radius 2 is 2.05 bits per heavy atom. The highest BCUT2D eigenvalue weighted by Gasteiger charge is 2.43. The second-order valence-corrected chi connectivity index (χ2v) is 5.64. The lowest BCUT2D eigenvalue weighted by atomic mass is 9.85. The van der Waals surface area contributed by atoms with Gasteiger partial charge in [0.15, 0.2) is 0 Å². The van der Waals surface area contributed by atoms with E-state index in [-0.39, 0.29) is 12.2 Å². The minimum atomic E-state index is 0.172. The predicted octanol–water partition coefficient (Wildman–Crippen LogP) is 3.23. The summed E-state index contributed by atoms with van der Waals surface area (Å²) in [4.78, 5) is 0. The van der Waals surface area contributed by atoms with Crippen LogP contribution >= 0.6 is 0 Å². The van der Waals surface area contributed by atoms with E-state index in [1.54, 1.807) is 0 Å². The fourth-order valence-electron chi connectivity index (χ4n) is 2.74. The zero-order chi connectivity index (χ0) is 14.5. The summed E-state index contributed by atoms with van der Waals surface area (Å²) in [7, 11) is 0. The normalized spacial score (nSPS) is 25.3. The van der Waals surface area contributed by atoms with E-state index in [0.717, 1.165) is 31.7 Å². The fraction of sp³-hybridized carbons (Fsp3) is 0.647. The van der Waals surface area contributed by atoms with Crippen molar-refractivity contribution in [1.29, 1.82) is 0 Å². The number of aryl methyl sites for hydroxylation is 2. The van der Waals surface area contributed by atoms with Crippen molar-refractivity contribution in [2.45, 2.75) is 58.8 Å². The van der Waals surface area contributed by atoms with Gasteiger partial charge < -0.3 is 14.8 Å². The summed E-state index contributed by atoms with van der Waals surface area (Å²) in [6.45, 7) is 10.2. The summed E-state index contributed by atoms with van der Waals surface area (Å²) >= 11 is 0. The largest absolute Gasteiger partial charge is 0.487 e. The van der Waals surface area contributed by atoms with E-state index in [9.17, 15) is 0 Å². The quantitative estimate of drug-likeness (QED) is 0.830. The van der Waals surface area contributed by atoms with E-state index in [1.165, 1.54) is 11.1 Å². The molecular weight excluding hydrogens is 250 g/mol. The van der Waals surface area contributed by atoms with Crippen molar-refractivity contribution in [3.63, 3.8) is 0 Å². The van der Waals surface area contributed by atoms with Crippen LogP contribution in [0.5, 0.6) is 5.75 Å². The molecule has 0 spiro atoms. The molecule has 0 bridgehead atoms. The average Bonchev–Trinajstić information content (AvgIpc) is 2.41. The van der Waals surface area contributed by atoms with Gasteiger partial charge in [0.1, 0.15) is 18.0 Å². The fourth-order valence-corrected chi connectivity index (χ4v) is 2.74. The lowest BCUT2D eigenvalue weighted by molar-refractivity contribution is -0.104. The second-order valence-electron chi connectivity index (χ2n) is 5.64. The summed E-state index contributed by atoms with van der Waals surface area (Å²) in [5.74, 6) is 0.985. The maximum atomic E-state index is 6.15. The van der Waals surface area contributed by atoms with E-state index in [4.69, 9.17) is 9.47 Å². The Morgan fingerprint density at radius 3 is 2.70 bits per heavy atom. The van der Waals surface area contributed by atoms with Gasteiger partial charge in [0.25, 0.3) is 0 Å². The molecular formula is C17H27NO2. The van der Waals surface area contributed by atoms with E-state index in [2.05, 4.69) is 44.3 Å². The monoisotopic (exact) mass is 277 g/mol. The summed E-state index contributed by atoms with van der Waals surface area (Å²) in [6.07, 6.45) is 2.52. The lowest BCUT2D eigenvalue weighted by Crippen LogP contribution is -2.61. The Hall–Kier alpha value is -1.06. The van der Waals surface area contributed by atoms with E-state index >= 15 is 0 Å². The third-order valence-corrected chi connectivity index (χ3v) is 3.87. The van der Waals surface area contributed by atoms with Crippen LogP contribution in [0.4, 0.5) is 0 Å². The maximum absolute atomic E-state index is 6.15. The predicted molar refractivity (Wildman–Crippen MR) is 82.4 cm³/mol. The Labute approximate surface area is 122 Å². The molecule has 0 aromatic heterocycles. The highest BCUT2D eigenvalue weighted by molar-refractivity contribution is 5.36. The van der Waals surface area contributed by atoms with Gasteiger partial charge in [-0.2, -0.15) is 0 Å². The van der Waals surface area contributed by atoms with Crippen LogP contribution in [-0.4, -0.2) is 31.4 Å². The van der Waals surface area contributed by atoms with Crippen LogP contribution in [0.2, 0.25) is 0 Å². The molecule has 1 saturated carbocycles. The molecule has 0 saturated heterocycles. The highest BCUT2D eigenvalue weighted by Crippen LogP contribution is 2.31. The molecule has 0 aliphatic heterocycles. The van der Waals surface area contributed by atoms with Gasteiger partial charge in [-0.05, 0) is 45.4 Å². The van der Waals surface area contributed by atoms with Crippen LogP contribution in [0.25, 0.3) is 0 Å². The molecule has 3 atom stereocenters. The van der Waals surface area contributed by atoms with Crippen molar-refractivity contribution < 1.29 is 9.47 Å². The van der Waals surface area contributed by atoms with Gasteiger partial charge in [-0.25, -0.2) is 0 Å². The molecule has 3 unspecified atom stereocenters. The molecule has 1 fully saturated rings. The molecule has 0 amide bonds. The van der Waals surface area contributed by atoms with Crippen molar-refractivity contribution in [2.24, 2.45) is 0 Å². The summed E-state index contributed by atoms with van der Waals surface area (Å²) in [5, 5.41) is 3.54. The van der Waals surface area contributed by atoms with Gasteiger partial charge in [0.2, 0.25) is 0 Å². The number of nitrogens with one attached hydrogen (secondary N) is 1. The number of benzene rings is 1. The van der Waals surface area contributed by atoms with Gasteiger partial charge in [-0.15, -0.1) is 0 Å². The van der Waals surface area contributed by atoms with Gasteiger partial charge in [-0.3, -0.25) is 0 Å². The molecule has 1 aliphatic rings. The molecule has 20 heavy (non-hydrogen) atoms. The van der Waals surface area contributed by atoms with Crippen molar-refractivity contribution in [1.82, 2.24) is 5.32 Å². The topological polar surface area (TPSA) is 30.5 Å². The molecule has 112 valence electrons. The Morgan fingerprint density at radius 1 is 1.25 bits per heavy atom. The van der Waals surface area contributed by atoms with Crippen molar-refractivity contribution in [3.8, 4) is 5.75 Å². The van der Waals surface area contributed by atoms with Crippen LogP contribution in [-0.2, 0) is 4.74 Å². The standard InChI is InChI=1S/C17H27NO2/c1-5-9-18-14-11-16(17(14)19-6-2)20-15-8-7-12(3)10-13(15)4/h7-8,10,14,16-18H,5-6,9,11H2,1-4H3. The smallest absolute Gasteiger partial charge is 0.128 e. The minimum absolute atomic E-state index is 0.172. The van der Waals surface area contributed by atoms with Crippen molar-refractivity contribution >= 4 is 0 Å². The molecule has 3 heteroatoms. The number of rotatable bonds is 7. The summed E-state index contributed by atoms with van der Waals surface area (Å²) < 4.78 is 12.0. The van der Waals surface area contributed by atoms with Gasteiger partial charge in [-0.1, -0.05) is 24.6 Å². The molecule has 1 aromatic rings. The second kappa shape index (κ2) is 7.09. The molecule has 1 aromatic carbocycles. The molecule has 3 nitrogen and oxygen atoms in total. The molecule has 2 rings (SSSR count). The first kappa shape index (κ1) is 15.3. The minimum Gasteiger partial charge on any atom is -0.487 e. The van der Waals surface area contributed by atoms with Crippen LogP contribution in [0.3, 0.4) is 0 Å². The van der Waals surface area contributed by atoms with Crippen molar-refractivity contribution in [2.75, 3.05) is 13.2 Å². The number of hydrogen-bond acceptors (Lipinski definition) is 3. The molecule has 1 N–H and O–H groups in total. The average molecular weight is 277 g/mol. The Bertz CT molecular complexity index is 433.